The molecule has 6 heteroatoms. The quantitative estimate of drug-likeness (QED) is 0.916. The molecule has 5 nitrogen and oxygen atoms in total. The van der Waals surface area contributed by atoms with E-state index in [9.17, 15) is 4.79 Å². The van der Waals surface area contributed by atoms with Gasteiger partial charge in [0, 0.05) is 28.6 Å². The van der Waals surface area contributed by atoms with Crippen LogP contribution in [0.2, 0.25) is 0 Å². The van der Waals surface area contributed by atoms with Crippen LogP contribution in [-0.4, -0.2) is 15.3 Å². The topological polar surface area (TPSA) is 64.1 Å². The number of hydrogen-bond acceptors (Lipinski definition) is 5. The minimum Gasteiger partial charge on any atom is -0.430 e. The van der Waals surface area contributed by atoms with E-state index in [1.165, 1.54) is 11.5 Å². The van der Waals surface area contributed by atoms with E-state index in [2.05, 4.69) is 35.4 Å². The summed E-state index contributed by atoms with van der Waals surface area (Å²) in [5.74, 6) is 1.38. The van der Waals surface area contributed by atoms with Gasteiger partial charge in [-0.05, 0) is 24.3 Å². The number of hydrogen-bond donors (Lipinski definition) is 1. The van der Waals surface area contributed by atoms with Crippen molar-refractivity contribution in [3.63, 3.8) is 0 Å². The first-order valence-corrected chi connectivity index (χ1v) is 7.96. The SMILES string of the molecule is CC(C)C(=O)Nc1ccc(Oc2nc(C(C)(C)C)ns2)cc1. The second kappa shape index (κ2) is 6.44. The van der Waals surface area contributed by atoms with Crippen LogP contribution in [0.5, 0.6) is 10.9 Å². The standard InChI is InChI=1S/C16H21N3O2S/c1-10(2)13(20)17-11-6-8-12(9-7-11)21-15-18-14(19-22-15)16(3,4)5/h6-10H,1-5H3,(H,17,20). The minimum absolute atomic E-state index is 0.00684. The maximum absolute atomic E-state index is 11.6. The van der Waals surface area contributed by atoms with Crippen molar-refractivity contribution in [1.82, 2.24) is 9.36 Å². The van der Waals surface area contributed by atoms with Crippen LogP contribution in [0.3, 0.4) is 0 Å². The summed E-state index contributed by atoms with van der Waals surface area (Å²) in [6.07, 6.45) is 0. The van der Waals surface area contributed by atoms with Crippen molar-refractivity contribution >= 4 is 23.1 Å². The summed E-state index contributed by atoms with van der Waals surface area (Å²) < 4.78 is 10.0. The van der Waals surface area contributed by atoms with Gasteiger partial charge in [-0.15, -0.1) is 0 Å². The highest BCUT2D eigenvalue weighted by Crippen LogP contribution is 2.28. The fourth-order valence-electron chi connectivity index (χ4n) is 1.55. The molecule has 0 unspecified atom stereocenters. The zero-order valence-electron chi connectivity index (χ0n) is 13.5. The van der Waals surface area contributed by atoms with Crippen molar-refractivity contribution in [2.75, 3.05) is 5.32 Å². The van der Waals surface area contributed by atoms with Gasteiger partial charge in [0.05, 0.1) is 0 Å². The van der Waals surface area contributed by atoms with E-state index in [0.29, 0.717) is 10.9 Å². The Hall–Kier alpha value is -1.95. The summed E-state index contributed by atoms with van der Waals surface area (Å²) in [6.45, 7) is 9.89. The Morgan fingerprint density at radius 1 is 1.23 bits per heavy atom. The highest BCUT2D eigenvalue weighted by molar-refractivity contribution is 7.07. The van der Waals surface area contributed by atoms with Gasteiger partial charge in [0.1, 0.15) is 5.75 Å². The molecule has 0 aliphatic rings. The third-order valence-corrected chi connectivity index (χ3v) is 3.52. The van der Waals surface area contributed by atoms with Gasteiger partial charge in [0.2, 0.25) is 5.91 Å². The summed E-state index contributed by atoms with van der Waals surface area (Å²) in [5, 5.41) is 3.35. The van der Waals surface area contributed by atoms with Gasteiger partial charge in [0.15, 0.2) is 5.82 Å². The Morgan fingerprint density at radius 3 is 2.36 bits per heavy atom. The van der Waals surface area contributed by atoms with E-state index in [0.717, 1.165) is 11.5 Å². The molecule has 0 spiro atoms. The number of benzene rings is 1. The predicted molar refractivity (Wildman–Crippen MR) is 88.6 cm³/mol. The van der Waals surface area contributed by atoms with E-state index >= 15 is 0 Å². The van der Waals surface area contributed by atoms with Gasteiger partial charge in [-0.3, -0.25) is 4.79 Å². The van der Waals surface area contributed by atoms with Crippen molar-refractivity contribution in [3.8, 4) is 10.9 Å². The molecule has 0 saturated carbocycles. The van der Waals surface area contributed by atoms with E-state index in [4.69, 9.17) is 4.74 Å². The molecule has 1 aromatic heterocycles. The van der Waals surface area contributed by atoms with Gasteiger partial charge in [-0.1, -0.05) is 34.6 Å². The molecule has 0 bridgehead atoms. The van der Waals surface area contributed by atoms with Crippen molar-refractivity contribution in [1.29, 1.82) is 0 Å². The summed E-state index contributed by atoms with van der Waals surface area (Å²) in [6, 6.07) is 7.21. The number of carbonyl (C=O) groups is 1. The number of nitrogens with one attached hydrogen (secondary N) is 1. The normalized spacial score (nSPS) is 11.5. The van der Waals surface area contributed by atoms with Crippen molar-refractivity contribution in [3.05, 3.63) is 30.1 Å². The molecule has 0 atom stereocenters. The monoisotopic (exact) mass is 319 g/mol. The van der Waals surface area contributed by atoms with Crippen LogP contribution in [-0.2, 0) is 10.2 Å². The fourth-order valence-corrected chi connectivity index (χ4v) is 2.29. The lowest BCUT2D eigenvalue weighted by molar-refractivity contribution is -0.118. The van der Waals surface area contributed by atoms with Crippen LogP contribution in [0.25, 0.3) is 0 Å². The Labute approximate surface area is 134 Å². The molecule has 0 radical (unpaired) electrons. The maximum atomic E-state index is 11.6. The first-order valence-electron chi connectivity index (χ1n) is 7.18. The third kappa shape index (κ3) is 4.27. The van der Waals surface area contributed by atoms with Crippen LogP contribution in [0.4, 0.5) is 5.69 Å². The first kappa shape index (κ1) is 16.4. The predicted octanol–water partition coefficient (Wildman–Crippen LogP) is 4.22. The number of carbonyl (C=O) groups excluding carboxylic acids is 1. The molecular formula is C16H21N3O2S. The molecule has 0 fully saturated rings. The highest BCUT2D eigenvalue weighted by atomic mass is 32.1. The van der Waals surface area contributed by atoms with Gasteiger partial charge >= 0.3 is 0 Å². The number of aromatic nitrogens is 2. The van der Waals surface area contributed by atoms with Crippen LogP contribution < -0.4 is 10.1 Å². The molecule has 1 aromatic carbocycles. The summed E-state index contributed by atoms with van der Waals surface area (Å²) in [4.78, 5) is 16.0. The van der Waals surface area contributed by atoms with Gasteiger partial charge in [-0.2, -0.15) is 9.36 Å². The van der Waals surface area contributed by atoms with Gasteiger partial charge in [-0.25, -0.2) is 0 Å². The van der Waals surface area contributed by atoms with Crippen LogP contribution in [0, 0.1) is 5.92 Å². The molecule has 0 aliphatic heterocycles. The van der Waals surface area contributed by atoms with Crippen LogP contribution >= 0.6 is 11.5 Å². The smallest absolute Gasteiger partial charge is 0.298 e. The maximum Gasteiger partial charge on any atom is 0.298 e. The zero-order valence-corrected chi connectivity index (χ0v) is 14.3. The molecule has 1 heterocycles. The second-order valence-corrected chi connectivity index (χ2v) is 7.12. The Morgan fingerprint density at radius 2 is 1.86 bits per heavy atom. The fraction of sp³-hybridized carbons (Fsp3) is 0.438. The van der Waals surface area contributed by atoms with Crippen LogP contribution in [0.1, 0.15) is 40.4 Å². The first-order chi connectivity index (χ1) is 10.3. The van der Waals surface area contributed by atoms with Gasteiger partial charge in [0.25, 0.3) is 5.19 Å². The number of anilines is 1. The lowest BCUT2D eigenvalue weighted by atomic mass is 9.96. The van der Waals surface area contributed by atoms with Crippen LogP contribution in [0.15, 0.2) is 24.3 Å². The average molecular weight is 319 g/mol. The largest absolute Gasteiger partial charge is 0.430 e. The molecule has 118 valence electrons. The Balaban J connectivity index is 2.02. The van der Waals surface area contributed by atoms with Crippen molar-refractivity contribution in [2.24, 2.45) is 5.92 Å². The van der Waals surface area contributed by atoms with Crippen molar-refractivity contribution < 1.29 is 9.53 Å². The summed E-state index contributed by atoms with van der Waals surface area (Å²) >= 11 is 1.24. The summed E-state index contributed by atoms with van der Waals surface area (Å²) in [5.41, 5.74) is 0.655. The molecule has 0 aliphatic carbocycles. The summed E-state index contributed by atoms with van der Waals surface area (Å²) in [7, 11) is 0. The minimum atomic E-state index is -0.0942. The average Bonchev–Trinajstić information content (AvgIpc) is 2.89. The molecule has 2 rings (SSSR count). The Bertz CT molecular complexity index is 642. The lowest BCUT2D eigenvalue weighted by Gasteiger charge is -2.12. The third-order valence-electron chi connectivity index (χ3n) is 2.93. The molecular weight excluding hydrogens is 298 g/mol. The second-order valence-electron chi connectivity index (χ2n) is 6.40. The molecule has 1 N–H and O–H groups in total. The molecule has 22 heavy (non-hydrogen) atoms. The molecule has 1 amide bonds. The lowest BCUT2D eigenvalue weighted by Crippen LogP contribution is -2.17. The molecule has 0 saturated heterocycles. The van der Waals surface area contributed by atoms with E-state index < -0.39 is 0 Å². The van der Waals surface area contributed by atoms with E-state index in [1.54, 1.807) is 24.3 Å². The molecule has 2 aromatic rings. The Kier molecular flexibility index (Phi) is 4.81. The number of nitrogens with zero attached hydrogens (tertiary/aromatic N) is 2. The van der Waals surface area contributed by atoms with E-state index in [-0.39, 0.29) is 17.2 Å². The number of amides is 1. The number of rotatable bonds is 4. The van der Waals surface area contributed by atoms with Gasteiger partial charge < -0.3 is 10.1 Å². The van der Waals surface area contributed by atoms with E-state index in [1.807, 2.05) is 13.8 Å². The number of ether oxygens (including phenoxy) is 1. The van der Waals surface area contributed by atoms with Crippen molar-refractivity contribution in [2.45, 2.75) is 40.0 Å². The zero-order chi connectivity index (χ0) is 16.3. The highest BCUT2D eigenvalue weighted by Gasteiger charge is 2.20.